The number of carbonyl (C=O) groups is 1. The first-order chi connectivity index (χ1) is 13.6. The Balaban J connectivity index is 1.33. The van der Waals surface area contributed by atoms with E-state index < -0.39 is 0 Å². The van der Waals surface area contributed by atoms with Gasteiger partial charge < -0.3 is 9.88 Å². The lowest BCUT2D eigenvalue weighted by atomic mass is 10.2. The van der Waals surface area contributed by atoms with Gasteiger partial charge in [0.05, 0.1) is 10.9 Å². The van der Waals surface area contributed by atoms with Crippen LogP contribution < -0.4 is 5.56 Å². The highest BCUT2D eigenvalue weighted by Crippen LogP contribution is 2.13. The monoisotopic (exact) mass is 396 g/mol. The Labute approximate surface area is 167 Å². The lowest BCUT2D eigenvalue weighted by Gasteiger charge is -2.34. The molecule has 1 aliphatic rings. The SMILES string of the molecule is O=C(c1ccc(Cl)cc1)N1CCN(CCc2nc3ccccc3c(=O)[nH]2)CC1. The molecule has 2 aromatic carbocycles. The number of para-hydroxylation sites is 1. The van der Waals surface area contributed by atoms with E-state index in [1.165, 1.54) is 0 Å². The Hall–Kier alpha value is -2.70. The minimum atomic E-state index is -0.0982. The highest BCUT2D eigenvalue weighted by atomic mass is 35.5. The number of benzene rings is 2. The fourth-order valence-corrected chi connectivity index (χ4v) is 3.59. The van der Waals surface area contributed by atoms with Gasteiger partial charge in [-0.05, 0) is 36.4 Å². The molecule has 1 amide bonds. The fourth-order valence-electron chi connectivity index (χ4n) is 3.47. The summed E-state index contributed by atoms with van der Waals surface area (Å²) in [4.78, 5) is 36.3. The summed E-state index contributed by atoms with van der Waals surface area (Å²) in [5, 5.41) is 1.24. The number of fused-ring (bicyclic) bond motifs is 1. The second-order valence-electron chi connectivity index (χ2n) is 6.92. The quantitative estimate of drug-likeness (QED) is 0.736. The predicted molar refractivity (Wildman–Crippen MR) is 110 cm³/mol. The summed E-state index contributed by atoms with van der Waals surface area (Å²) in [6, 6.07) is 14.4. The molecule has 7 heteroatoms. The van der Waals surface area contributed by atoms with Crippen LogP contribution in [0.25, 0.3) is 10.9 Å². The van der Waals surface area contributed by atoms with Gasteiger partial charge in [0.25, 0.3) is 11.5 Å². The Morgan fingerprint density at radius 1 is 1.04 bits per heavy atom. The lowest BCUT2D eigenvalue weighted by Crippen LogP contribution is -2.49. The van der Waals surface area contributed by atoms with Gasteiger partial charge >= 0.3 is 0 Å². The number of H-pyrrole nitrogens is 1. The van der Waals surface area contributed by atoms with Crippen molar-refractivity contribution < 1.29 is 4.79 Å². The Kier molecular flexibility index (Phi) is 5.41. The van der Waals surface area contributed by atoms with Gasteiger partial charge in [0, 0.05) is 49.7 Å². The summed E-state index contributed by atoms with van der Waals surface area (Å²) in [7, 11) is 0. The van der Waals surface area contributed by atoms with Crippen LogP contribution in [-0.2, 0) is 6.42 Å². The number of amides is 1. The van der Waals surface area contributed by atoms with E-state index in [2.05, 4.69) is 14.9 Å². The van der Waals surface area contributed by atoms with Crippen molar-refractivity contribution in [1.82, 2.24) is 19.8 Å². The van der Waals surface area contributed by atoms with Crippen LogP contribution in [0.2, 0.25) is 5.02 Å². The van der Waals surface area contributed by atoms with Crippen molar-refractivity contribution in [3.8, 4) is 0 Å². The molecule has 4 rings (SSSR count). The van der Waals surface area contributed by atoms with Crippen molar-refractivity contribution in [3.63, 3.8) is 0 Å². The molecule has 0 atom stereocenters. The summed E-state index contributed by atoms with van der Waals surface area (Å²) >= 11 is 5.89. The van der Waals surface area contributed by atoms with Crippen LogP contribution in [0.4, 0.5) is 0 Å². The zero-order valence-corrected chi connectivity index (χ0v) is 16.2. The molecule has 0 bridgehead atoms. The van der Waals surface area contributed by atoms with Gasteiger partial charge in [-0.1, -0.05) is 23.7 Å². The van der Waals surface area contributed by atoms with Gasteiger partial charge in [-0.15, -0.1) is 0 Å². The average molecular weight is 397 g/mol. The normalized spacial score (nSPS) is 15.1. The third-order valence-electron chi connectivity index (χ3n) is 5.08. The molecule has 0 radical (unpaired) electrons. The van der Waals surface area contributed by atoms with Gasteiger partial charge in [-0.25, -0.2) is 4.98 Å². The van der Waals surface area contributed by atoms with Crippen LogP contribution in [0.1, 0.15) is 16.2 Å². The van der Waals surface area contributed by atoms with Crippen LogP contribution in [0, 0.1) is 0 Å². The first kappa shape index (κ1) is 18.7. The lowest BCUT2D eigenvalue weighted by molar-refractivity contribution is 0.0638. The highest BCUT2D eigenvalue weighted by Gasteiger charge is 2.22. The molecule has 0 unspecified atom stereocenters. The van der Waals surface area contributed by atoms with E-state index in [4.69, 9.17) is 11.6 Å². The van der Waals surface area contributed by atoms with E-state index in [0.29, 0.717) is 41.3 Å². The smallest absolute Gasteiger partial charge is 0.258 e. The maximum absolute atomic E-state index is 12.6. The summed E-state index contributed by atoms with van der Waals surface area (Å²) in [5.41, 5.74) is 1.29. The molecule has 2 heterocycles. The van der Waals surface area contributed by atoms with E-state index in [9.17, 15) is 9.59 Å². The maximum atomic E-state index is 12.6. The fraction of sp³-hybridized carbons (Fsp3) is 0.286. The first-order valence-corrected chi connectivity index (χ1v) is 9.73. The standard InChI is InChI=1S/C21H21ClN4O2/c22-16-7-5-15(6-8-16)21(28)26-13-11-25(12-14-26)10-9-19-23-18-4-2-1-3-17(18)20(27)24-19/h1-8H,9-14H2,(H,23,24,27). The number of nitrogens with zero attached hydrogens (tertiary/aromatic N) is 3. The number of halogens is 1. The minimum Gasteiger partial charge on any atom is -0.336 e. The molecule has 0 aliphatic carbocycles. The van der Waals surface area contributed by atoms with Gasteiger partial charge in [0.15, 0.2) is 0 Å². The van der Waals surface area contributed by atoms with Crippen molar-refractivity contribution in [1.29, 1.82) is 0 Å². The summed E-state index contributed by atoms with van der Waals surface area (Å²) in [6.45, 7) is 3.77. The van der Waals surface area contributed by atoms with Gasteiger partial charge in [-0.3, -0.25) is 14.5 Å². The second-order valence-corrected chi connectivity index (χ2v) is 7.36. The van der Waals surface area contributed by atoms with Gasteiger partial charge in [-0.2, -0.15) is 0 Å². The number of piperazine rings is 1. The number of aromatic nitrogens is 2. The van der Waals surface area contributed by atoms with E-state index in [0.717, 1.165) is 25.2 Å². The molecule has 0 saturated carbocycles. The Morgan fingerprint density at radius 2 is 1.75 bits per heavy atom. The number of rotatable bonds is 4. The van der Waals surface area contributed by atoms with Crippen molar-refractivity contribution in [2.45, 2.75) is 6.42 Å². The predicted octanol–water partition coefficient (Wildman–Crippen LogP) is 2.58. The third-order valence-corrected chi connectivity index (χ3v) is 5.33. The van der Waals surface area contributed by atoms with Crippen molar-refractivity contribution in [2.24, 2.45) is 0 Å². The third kappa shape index (κ3) is 4.08. The molecule has 1 aliphatic heterocycles. The molecule has 6 nitrogen and oxygen atoms in total. The topological polar surface area (TPSA) is 69.3 Å². The molecule has 1 N–H and O–H groups in total. The molecule has 0 spiro atoms. The van der Waals surface area contributed by atoms with Crippen LogP contribution in [-0.4, -0.2) is 58.4 Å². The number of carbonyl (C=O) groups excluding carboxylic acids is 1. The van der Waals surface area contributed by atoms with E-state index >= 15 is 0 Å². The number of aromatic amines is 1. The van der Waals surface area contributed by atoms with Crippen LogP contribution in [0.15, 0.2) is 53.3 Å². The largest absolute Gasteiger partial charge is 0.336 e. The van der Waals surface area contributed by atoms with E-state index in [-0.39, 0.29) is 11.5 Å². The zero-order valence-electron chi connectivity index (χ0n) is 15.4. The molecule has 144 valence electrons. The molecule has 1 aromatic heterocycles. The van der Waals surface area contributed by atoms with Crippen molar-refractivity contribution in [3.05, 3.63) is 75.3 Å². The van der Waals surface area contributed by atoms with Gasteiger partial charge in [0.1, 0.15) is 5.82 Å². The summed E-state index contributed by atoms with van der Waals surface area (Å²) in [5.74, 6) is 0.736. The average Bonchev–Trinajstić information content (AvgIpc) is 2.73. The van der Waals surface area contributed by atoms with Crippen LogP contribution in [0.5, 0.6) is 0 Å². The molecule has 1 fully saturated rings. The van der Waals surface area contributed by atoms with E-state index in [1.54, 1.807) is 30.3 Å². The van der Waals surface area contributed by atoms with Gasteiger partial charge in [0.2, 0.25) is 0 Å². The molecule has 3 aromatic rings. The maximum Gasteiger partial charge on any atom is 0.258 e. The number of hydrogen-bond acceptors (Lipinski definition) is 4. The molecular formula is C21H21ClN4O2. The van der Waals surface area contributed by atoms with Crippen LogP contribution in [0.3, 0.4) is 0 Å². The second kappa shape index (κ2) is 8.12. The Bertz CT molecular complexity index is 1040. The zero-order chi connectivity index (χ0) is 19.5. The minimum absolute atomic E-state index is 0.0387. The molecular weight excluding hydrogens is 376 g/mol. The van der Waals surface area contributed by atoms with E-state index in [1.807, 2.05) is 23.1 Å². The van der Waals surface area contributed by atoms with Crippen LogP contribution >= 0.6 is 11.6 Å². The number of hydrogen-bond donors (Lipinski definition) is 1. The highest BCUT2D eigenvalue weighted by molar-refractivity contribution is 6.30. The summed E-state index contributed by atoms with van der Waals surface area (Å²) < 4.78 is 0. The molecule has 28 heavy (non-hydrogen) atoms. The Morgan fingerprint density at radius 3 is 2.50 bits per heavy atom. The van der Waals surface area contributed by atoms with Crippen molar-refractivity contribution >= 4 is 28.4 Å². The number of nitrogens with one attached hydrogen (secondary N) is 1. The first-order valence-electron chi connectivity index (χ1n) is 9.35. The molecule has 1 saturated heterocycles. The van der Waals surface area contributed by atoms with Crippen molar-refractivity contribution in [2.75, 3.05) is 32.7 Å². The summed E-state index contributed by atoms with van der Waals surface area (Å²) in [6.07, 6.45) is 0.672.